The molecule has 8 nitrogen and oxygen atoms in total. The first-order chi connectivity index (χ1) is 18.9. The molecule has 2 aromatic carbocycles. The Balaban J connectivity index is 1.38. The molecule has 1 N–H and O–H groups in total. The number of carbonyl (C=O) groups is 1. The van der Waals surface area contributed by atoms with Crippen molar-refractivity contribution in [1.82, 2.24) is 14.8 Å². The number of rotatable bonds is 8. The summed E-state index contributed by atoms with van der Waals surface area (Å²) in [6.07, 6.45) is 5.43. The van der Waals surface area contributed by atoms with Crippen molar-refractivity contribution in [3.8, 4) is 17.4 Å². The number of aliphatic hydroxyl groups excluding tert-OH is 1. The zero-order chi connectivity index (χ0) is 27.4. The first kappa shape index (κ1) is 26.7. The molecule has 0 spiro atoms. The SMILES string of the molecule is C[C@H](CO)N1C[C@H](C)[C@@H](CN(C)Cc2ccc3c(c2)OCO3)Oc2ncc(/C=C/c3ccccc3)cc2C1=O. The molecule has 3 aromatic rings. The van der Waals surface area contributed by atoms with E-state index in [2.05, 4.69) is 16.8 Å². The zero-order valence-corrected chi connectivity index (χ0v) is 22.6. The Labute approximate surface area is 229 Å². The minimum Gasteiger partial charge on any atom is -0.472 e. The number of hydrogen-bond acceptors (Lipinski definition) is 7. The van der Waals surface area contributed by atoms with Gasteiger partial charge in [0.1, 0.15) is 11.7 Å². The van der Waals surface area contributed by atoms with Gasteiger partial charge in [0, 0.05) is 31.7 Å². The van der Waals surface area contributed by atoms with E-state index in [4.69, 9.17) is 14.2 Å². The predicted molar refractivity (Wildman–Crippen MR) is 150 cm³/mol. The quantitative estimate of drug-likeness (QED) is 0.465. The van der Waals surface area contributed by atoms with Crippen LogP contribution in [-0.4, -0.2) is 71.5 Å². The van der Waals surface area contributed by atoms with Gasteiger partial charge in [0.05, 0.1) is 12.6 Å². The lowest BCUT2D eigenvalue weighted by molar-refractivity contribution is 0.0325. The molecule has 0 unspecified atom stereocenters. The van der Waals surface area contributed by atoms with Gasteiger partial charge in [-0.05, 0) is 48.9 Å². The third-order valence-electron chi connectivity index (χ3n) is 7.19. The van der Waals surface area contributed by atoms with Crippen LogP contribution in [0, 0.1) is 5.92 Å². The standard InChI is InChI=1S/C31H35N3O5/c1-21-16-34(22(2)19-35)31(36)26-13-24(10-9-23-7-5-4-6-8-23)15-32-30(26)39-29(21)18-33(3)17-25-11-12-27-28(14-25)38-20-37-27/h4-15,21-22,29,35H,16-20H2,1-3H3/b10-9+/t21-,22+,29+/m0/s1. The molecule has 1 amide bonds. The van der Waals surface area contributed by atoms with Crippen LogP contribution in [0.25, 0.3) is 12.2 Å². The predicted octanol–water partition coefficient (Wildman–Crippen LogP) is 4.33. The number of aromatic nitrogens is 1. The van der Waals surface area contributed by atoms with Gasteiger partial charge in [0.25, 0.3) is 5.91 Å². The van der Waals surface area contributed by atoms with Crippen molar-refractivity contribution >= 4 is 18.1 Å². The monoisotopic (exact) mass is 529 g/mol. The second kappa shape index (κ2) is 11.9. The maximum absolute atomic E-state index is 13.7. The van der Waals surface area contributed by atoms with Gasteiger partial charge >= 0.3 is 0 Å². The summed E-state index contributed by atoms with van der Waals surface area (Å²) in [5, 5.41) is 9.93. The van der Waals surface area contributed by atoms with E-state index in [9.17, 15) is 9.90 Å². The summed E-state index contributed by atoms with van der Waals surface area (Å²) in [6.45, 7) is 5.85. The number of likely N-dealkylation sites (N-methyl/N-ethyl adjacent to an activating group) is 1. The van der Waals surface area contributed by atoms with Crippen molar-refractivity contribution < 1.29 is 24.1 Å². The molecule has 0 radical (unpaired) electrons. The highest BCUT2D eigenvalue weighted by Gasteiger charge is 2.34. The Bertz CT molecular complexity index is 1330. The van der Waals surface area contributed by atoms with Gasteiger partial charge in [-0.15, -0.1) is 0 Å². The number of benzene rings is 2. The number of carbonyl (C=O) groups excluding carboxylic acids is 1. The number of aliphatic hydroxyl groups is 1. The van der Waals surface area contributed by atoms with E-state index in [0.29, 0.717) is 31.1 Å². The Morgan fingerprint density at radius 3 is 2.67 bits per heavy atom. The molecular weight excluding hydrogens is 494 g/mol. The van der Waals surface area contributed by atoms with E-state index < -0.39 is 0 Å². The summed E-state index contributed by atoms with van der Waals surface area (Å²) in [5.74, 6) is 1.67. The second-order valence-electron chi connectivity index (χ2n) is 10.4. The molecule has 39 heavy (non-hydrogen) atoms. The molecule has 1 aromatic heterocycles. The molecule has 0 bridgehead atoms. The molecule has 2 aliphatic rings. The van der Waals surface area contributed by atoms with Crippen molar-refractivity contribution in [1.29, 1.82) is 0 Å². The van der Waals surface area contributed by atoms with Gasteiger partial charge < -0.3 is 24.2 Å². The van der Waals surface area contributed by atoms with Gasteiger partial charge in [0.2, 0.25) is 12.7 Å². The van der Waals surface area contributed by atoms with Crippen LogP contribution >= 0.6 is 0 Å². The lowest BCUT2D eigenvalue weighted by atomic mass is 9.99. The summed E-state index contributed by atoms with van der Waals surface area (Å²) in [5.41, 5.74) is 3.37. The Hall–Kier alpha value is -3.88. The summed E-state index contributed by atoms with van der Waals surface area (Å²) in [6, 6.07) is 17.4. The van der Waals surface area contributed by atoms with E-state index in [1.54, 1.807) is 11.1 Å². The van der Waals surface area contributed by atoms with Crippen molar-refractivity contribution in [2.45, 2.75) is 32.5 Å². The van der Waals surface area contributed by atoms with Crippen LogP contribution < -0.4 is 14.2 Å². The molecule has 0 aliphatic carbocycles. The van der Waals surface area contributed by atoms with Crippen LogP contribution in [0.5, 0.6) is 17.4 Å². The molecule has 0 fully saturated rings. The fraction of sp³-hybridized carbons (Fsp3) is 0.355. The third-order valence-corrected chi connectivity index (χ3v) is 7.19. The maximum Gasteiger partial charge on any atom is 0.259 e. The van der Waals surface area contributed by atoms with Crippen LogP contribution in [0.3, 0.4) is 0 Å². The summed E-state index contributed by atoms with van der Waals surface area (Å²) in [7, 11) is 2.05. The number of nitrogens with zero attached hydrogens (tertiary/aromatic N) is 3. The fourth-order valence-corrected chi connectivity index (χ4v) is 4.91. The van der Waals surface area contributed by atoms with E-state index in [0.717, 1.165) is 28.2 Å². The molecule has 204 valence electrons. The highest BCUT2D eigenvalue weighted by atomic mass is 16.7. The topological polar surface area (TPSA) is 84.4 Å². The van der Waals surface area contributed by atoms with Crippen molar-refractivity contribution in [2.75, 3.05) is 33.5 Å². The van der Waals surface area contributed by atoms with Gasteiger partial charge in [-0.25, -0.2) is 4.98 Å². The highest BCUT2D eigenvalue weighted by molar-refractivity contribution is 5.97. The minimum absolute atomic E-state index is 0.00903. The molecule has 5 rings (SSSR count). The fourth-order valence-electron chi connectivity index (χ4n) is 4.91. The van der Waals surface area contributed by atoms with E-state index in [-0.39, 0.29) is 37.4 Å². The van der Waals surface area contributed by atoms with E-state index >= 15 is 0 Å². The van der Waals surface area contributed by atoms with Gasteiger partial charge in [-0.3, -0.25) is 9.69 Å². The summed E-state index contributed by atoms with van der Waals surface area (Å²) < 4.78 is 17.4. The Morgan fingerprint density at radius 2 is 1.87 bits per heavy atom. The average Bonchev–Trinajstić information content (AvgIpc) is 3.42. The Morgan fingerprint density at radius 1 is 1.10 bits per heavy atom. The average molecular weight is 530 g/mol. The summed E-state index contributed by atoms with van der Waals surface area (Å²) >= 11 is 0. The minimum atomic E-state index is -0.332. The third kappa shape index (κ3) is 6.24. The molecular formula is C31H35N3O5. The van der Waals surface area contributed by atoms with Crippen molar-refractivity contribution in [2.24, 2.45) is 5.92 Å². The number of pyridine rings is 1. The van der Waals surface area contributed by atoms with Crippen LogP contribution in [0.2, 0.25) is 0 Å². The smallest absolute Gasteiger partial charge is 0.259 e. The molecule has 3 heterocycles. The van der Waals surface area contributed by atoms with Crippen LogP contribution in [0.4, 0.5) is 0 Å². The lowest BCUT2D eigenvalue weighted by Crippen LogP contribution is -2.49. The molecule has 0 saturated carbocycles. The van der Waals surface area contributed by atoms with E-state index in [1.165, 1.54) is 0 Å². The van der Waals surface area contributed by atoms with Crippen molar-refractivity contribution in [3.05, 3.63) is 83.0 Å². The Kier molecular flexibility index (Phi) is 8.14. The number of amides is 1. The van der Waals surface area contributed by atoms with Crippen LogP contribution in [0.15, 0.2) is 60.8 Å². The first-order valence-corrected chi connectivity index (χ1v) is 13.3. The lowest BCUT2D eigenvalue weighted by Gasteiger charge is -2.37. The normalized spacial score (nSPS) is 19.5. The van der Waals surface area contributed by atoms with Crippen molar-refractivity contribution in [3.63, 3.8) is 0 Å². The summed E-state index contributed by atoms with van der Waals surface area (Å²) in [4.78, 5) is 22.2. The van der Waals surface area contributed by atoms with Crippen LogP contribution in [-0.2, 0) is 6.54 Å². The number of hydrogen-bond donors (Lipinski definition) is 1. The second-order valence-corrected chi connectivity index (χ2v) is 10.4. The zero-order valence-electron chi connectivity index (χ0n) is 22.6. The first-order valence-electron chi connectivity index (χ1n) is 13.3. The van der Waals surface area contributed by atoms with Gasteiger partial charge in [0.15, 0.2) is 11.5 Å². The van der Waals surface area contributed by atoms with Gasteiger partial charge in [-0.2, -0.15) is 0 Å². The van der Waals surface area contributed by atoms with Gasteiger partial charge in [-0.1, -0.05) is 55.5 Å². The molecule has 8 heteroatoms. The molecule has 2 aliphatic heterocycles. The molecule has 0 saturated heterocycles. The number of fused-ring (bicyclic) bond motifs is 2. The maximum atomic E-state index is 13.7. The number of ether oxygens (including phenoxy) is 3. The largest absolute Gasteiger partial charge is 0.472 e. The van der Waals surface area contributed by atoms with E-state index in [1.807, 2.05) is 80.7 Å². The molecule has 3 atom stereocenters. The highest BCUT2D eigenvalue weighted by Crippen LogP contribution is 2.33. The van der Waals surface area contributed by atoms with Crippen LogP contribution in [0.1, 0.15) is 40.9 Å².